The second-order valence-corrected chi connectivity index (χ2v) is 7.13. The number of carbonyl (C=O) groups is 1. The van der Waals surface area contributed by atoms with Crippen LogP contribution in [0.25, 0.3) is 0 Å². The molecule has 1 atom stereocenters. The zero-order chi connectivity index (χ0) is 14.6. The number of benzene rings is 1. The molecule has 0 heterocycles. The van der Waals surface area contributed by atoms with Gasteiger partial charge in [-0.1, -0.05) is 30.5 Å². The summed E-state index contributed by atoms with van der Waals surface area (Å²) in [6.45, 7) is 4.08. The number of aliphatic hydroxyl groups is 1. The van der Waals surface area contributed by atoms with Crippen LogP contribution >= 0.6 is 11.8 Å². The molecule has 1 aliphatic carbocycles. The molecule has 3 nitrogen and oxygen atoms in total. The van der Waals surface area contributed by atoms with Crippen LogP contribution < -0.4 is 5.32 Å². The van der Waals surface area contributed by atoms with Gasteiger partial charge in [-0.2, -0.15) is 0 Å². The number of thioether (sulfide) groups is 1. The van der Waals surface area contributed by atoms with Crippen molar-refractivity contribution in [1.82, 2.24) is 5.32 Å². The van der Waals surface area contributed by atoms with Crippen LogP contribution in [-0.4, -0.2) is 28.4 Å². The van der Waals surface area contributed by atoms with Crippen molar-refractivity contribution >= 4 is 17.7 Å². The molecule has 1 aliphatic rings. The number of amides is 1. The van der Waals surface area contributed by atoms with Crippen molar-refractivity contribution in [3.8, 4) is 0 Å². The molecule has 1 aromatic carbocycles. The van der Waals surface area contributed by atoms with E-state index in [-0.39, 0.29) is 10.7 Å². The average Bonchev–Trinajstić information content (AvgIpc) is 2.88. The second kappa shape index (κ2) is 6.64. The topological polar surface area (TPSA) is 49.3 Å². The van der Waals surface area contributed by atoms with Crippen molar-refractivity contribution in [1.29, 1.82) is 0 Å². The standard InChI is InChI=1S/C16H23NO2S/c1-12-5-7-14(8-6-12)20-16(9-3-4-10-16)15(19)17-11-13(2)18/h5-8,13,18H,3-4,9-11H2,1-2H3,(H,17,19). The number of hydrogen-bond acceptors (Lipinski definition) is 3. The monoisotopic (exact) mass is 293 g/mol. The Hall–Kier alpha value is -1.00. The first-order chi connectivity index (χ1) is 9.52. The Bertz CT molecular complexity index is 450. The van der Waals surface area contributed by atoms with Crippen molar-refractivity contribution in [2.75, 3.05) is 6.54 Å². The lowest BCUT2D eigenvalue weighted by Crippen LogP contribution is -2.44. The maximum absolute atomic E-state index is 12.5. The lowest BCUT2D eigenvalue weighted by Gasteiger charge is -2.27. The predicted octanol–water partition coefficient (Wildman–Crippen LogP) is 2.90. The number of hydrogen-bond donors (Lipinski definition) is 2. The summed E-state index contributed by atoms with van der Waals surface area (Å²) >= 11 is 1.67. The molecule has 1 saturated carbocycles. The molecule has 0 aliphatic heterocycles. The van der Waals surface area contributed by atoms with Gasteiger partial charge in [0.2, 0.25) is 5.91 Å². The zero-order valence-electron chi connectivity index (χ0n) is 12.2. The normalized spacial score (nSPS) is 18.8. The Balaban J connectivity index is 2.09. The van der Waals surface area contributed by atoms with Crippen molar-refractivity contribution in [2.24, 2.45) is 0 Å². The quantitative estimate of drug-likeness (QED) is 0.877. The van der Waals surface area contributed by atoms with Gasteiger partial charge in [0.15, 0.2) is 0 Å². The Morgan fingerprint density at radius 1 is 1.35 bits per heavy atom. The summed E-state index contributed by atoms with van der Waals surface area (Å²) < 4.78 is -0.357. The van der Waals surface area contributed by atoms with Crippen LogP contribution in [0, 0.1) is 6.92 Å². The molecule has 1 unspecified atom stereocenters. The van der Waals surface area contributed by atoms with E-state index in [4.69, 9.17) is 0 Å². The molecular weight excluding hydrogens is 270 g/mol. The number of rotatable bonds is 5. The van der Waals surface area contributed by atoms with E-state index in [0.29, 0.717) is 6.54 Å². The molecule has 1 fully saturated rings. The van der Waals surface area contributed by atoms with Gasteiger partial charge in [-0.25, -0.2) is 0 Å². The van der Waals surface area contributed by atoms with Gasteiger partial charge in [-0.05, 0) is 38.8 Å². The van der Waals surface area contributed by atoms with Crippen molar-refractivity contribution in [3.63, 3.8) is 0 Å². The summed E-state index contributed by atoms with van der Waals surface area (Å²) in [5.74, 6) is 0.0708. The maximum atomic E-state index is 12.5. The minimum atomic E-state index is -0.498. The van der Waals surface area contributed by atoms with E-state index >= 15 is 0 Å². The third-order valence-corrected chi connectivity index (χ3v) is 5.21. The predicted molar refractivity (Wildman–Crippen MR) is 82.9 cm³/mol. The Labute approximate surface area is 125 Å². The summed E-state index contributed by atoms with van der Waals surface area (Å²) in [7, 11) is 0. The van der Waals surface area contributed by atoms with E-state index in [9.17, 15) is 9.90 Å². The van der Waals surface area contributed by atoms with E-state index in [1.807, 2.05) is 0 Å². The van der Waals surface area contributed by atoms with Crippen LogP contribution in [0.15, 0.2) is 29.2 Å². The first-order valence-electron chi connectivity index (χ1n) is 7.24. The van der Waals surface area contributed by atoms with Gasteiger partial charge >= 0.3 is 0 Å². The smallest absolute Gasteiger partial charge is 0.236 e. The van der Waals surface area contributed by atoms with Gasteiger partial charge in [0.05, 0.1) is 10.9 Å². The SMILES string of the molecule is Cc1ccc(SC2(C(=O)NCC(C)O)CCCC2)cc1. The minimum absolute atomic E-state index is 0.0708. The fourth-order valence-electron chi connectivity index (χ4n) is 2.55. The third-order valence-electron chi connectivity index (χ3n) is 3.72. The van der Waals surface area contributed by atoms with E-state index < -0.39 is 6.10 Å². The van der Waals surface area contributed by atoms with Crippen LogP contribution in [0.3, 0.4) is 0 Å². The summed E-state index contributed by atoms with van der Waals surface area (Å²) in [6, 6.07) is 8.33. The zero-order valence-corrected chi connectivity index (χ0v) is 13.0. The first-order valence-corrected chi connectivity index (χ1v) is 8.05. The minimum Gasteiger partial charge on any atom is -0.392 e. The molecule has 20 heavy (non-hydrogen) atoms. The number of nitrogens with one attached hydrogen (secondary N) is 1. The molecule has 1 aromatic rings. The molecule has 0 spiro atoms. The van der Waals surface area contributed by atoms with E-state index in [0.717, 1.165) is 30.6 Å². The molecule has 0 aromatic heterocycles. The van der Waals surface area contributed by atoms with E-state index in [2.05, 4.69) is 36.5 Å². The van der Waals surface area contributed by atoms with Crippen LogP contribution in [0.1, 0.15) is 38.2 Å². The Kier molecular flexibility index (Phi) is 5.11. The highest BCUT2D eigenvalue weighted by molar-refractivity contribution is 8.01. The molecule has 0 bridgehead atoms. The fraction of sp³-hybridized carbons (Fsp3) is 0.562. The van der Waals surface area contributed by atoms with Gasteiger partial charge in [-0.3, -0.25) is 4.79 Å². The summed E-state index contributed by atoms with van der Waals surface area (Å²) in [5, 5.41) is 12.2. The number of aliphatic hydroxyl groups excluding tert-OH is 1. The highest BCUT2D eigenvalue weighted by atomic mass is 32.2. The average molecular weight is 293 g/mol. The van der Waals surface area contributed by atoms with Crippen LogP contribution in [0.4, 0.5) is 0 Å². The van der Waals surface area contributed by atoms with Crippen LogP contribution in [0.2, 0.25) is 0 Å². The van der Waals surface area contributed by atoms with Crippen molar-refractivity contribution in [2.45, 2.75) is 55.3 Å². The number of aryl methyl sites for hydroxylation is 1. The van der Waals surface area contributed by atoms with Crippen LogP contribution in [-0.2, 0) is 4.79 Å². The number of carbonyl (C=O) groups excluding carboxylic acids is 1. The van der Waals surface area contributed by atoms with E-state index in [1.54, 1.807) is 18.7 Å². The van der Waals surface area contributed by atoms with E-state index in [1.165, 1.54) is 5.56 Å². The second-order valence-electron chi connectivity index (χ2n) is 5.68. The fourth-order valence-corrected chi connectivity index (χ4v) is 3.94. The molecule has 2 rings (SSSR count). The summed E-state index contributed by atoms with van der Waals surface area (Å²) in [5.41, 5.74) is 1.23. The lowest BCUT2D eigenvalue weighted by atomic mass is 10.1. The maximum Gasteiger partial charge on any atom is 0.236 e. The molecule has 4 heteroatoms. The van der Waals surface area contributed by atoms with Gasteiger partial charge in [0, 0.05) is 11.4 Å². The largest absolute Gasteiger partial charge is 0.392 e. The molecule has 0 saturated heterocycles. The van der Waals surface area contributed by atoms with Crippen molar-refractivity contribution < 1.29 is 9.90 Å². The van der Waals surface area contributed by atoms with Crippen LogP contribution in [0.5, 0.6) is 0 Å². The molecular formula is C16H23NO2S. The third kappa shape index (κ3) is 3.76. The first kappa shape index (κ1) is 15.4. The highest BCUT2D eigenvalue weighted by Gasteiger charge is 2.42. The Morgan fingerprint density at radius 2 is 1.95 bits per heavy atom. The van der Waals surface area contributed by atoms with Crippen molar-refractivity contribution in [3.05, 3.63) is 29.8 Å². The molecule has 0 radical (unpaired) electrons. The Morgan fingerprint density at radius 3 is 2.50 bits per heavy atom. The summed E-state index contributed by atoms with van der Waals surface area (Å²) in [4.78, 5) is 13.6. The van der Waals surface area contributed by atoms with Gasteiger partial charge in [0.25, 0.3) is 0 Å². The van der Waals surface area contributed by atoms with Gasteiger partial charge in [0.1, 0.15) is 0 Å². The lowest BCUT2D eigenvalue weighted by molar-refractivity contribution is -0.123. The summed E-state index contributed by atoms with van der Waals surface area (Å²) in [6.07, 6.45) is 3.53. The molecule has 1 amide bonds. The molecule has 110 valence electrons. The van der Waals surface area contributed by atoms with Gasteiger partial charge in [-0.15, -0.1) is 11.8 Å². The highest BCUT2D eigenvalue weighted by Crippen LogP contribution is 2.45. The molecule has 2 N–H and O–H groups in total. The van der Waals surface area contributed by atoms with Gasteiger partial charge < -0.3 is 10.4 Å².